The largest absolute Gasteiger partial charge is 0.495 e. The molecule has 1 aromatic carbocycles. The van der Waals surface area contributed by atoms with E-state index < -0.39 is 0 Å². The third-order valence-electron chi connectivity index (χ3n) is 3.15. The zero-order valence-electron chi connectivity index (χ0n) is 13.0. The smallest absolute Gasteiger partial charge is 0.260 e. The highest BCUT2D eigenvalue weighted by molar-refractivity contribution is 6.33. The van der Waals surface area contributed by atoms with Gasteiger partial charge in [0, 0.05) is 18.3 Å². The molecule has 1 aromatic heterocycles. The van der Waals surface area contributed by atoms with Crippen molar-refractivity contribution < 1.29 is 14.3 Å². The predicted molar refractivity (Wildman–Crippen MR) is 88.2 cm³/mol. The molecule has 0 aliphatic rings. The summed E-state index contributed by atoms with van der Waals surface area (Å²) in [6.45, 7) is 3.28. The van der Waals surface area contributed by atoms with Crippen molar-refractivity contribution in [2.24, 2.45) is 0 Å². The first-order valence-corrected chi connectivity index (χ1v) is 7.33. The standard InChI is InChI=1S/C15H17ClN4O3/c1-4-10-13(14(16)20-19-10)15(22)18-9-5-6-12(23-3)11(7-9)17-8(2)21/h5-7H,4H2,1-3H3,(H,17,21)(H,18,22)(H,19,20). The van der Waals surface area contributed by atoms with Crippen LogP contribution in [0.15, 0.2) is 18.2 Å². The van der Waals surface area contributed by atoms with E-state index in [0.717, 1.165) is 0 Å². The molecular weight excluding hydrogens is 320 g/mol. The van der Waals surface area contributed by atoms with E-state index in [2.05, 4.69) is 20.8 Å². The van der Waals surface area contributed by atoms with Gasteiger partial charge < -0.3 is 15.4 Å². The van der Waals surface area contributed by atoms with Crippen LogP contribution in [0.4, 0.5) is 11.4 Å². The molecule has 3 N–H and O–H groups in total. The van der Waals surface area contributed by atoms with Gasteiger partial charge in [-0.2, -0.15) is 5.10 Å². The maximum atomic E-state index is 12.4. The first kappa shape index (κ1) is 16.8. The summed E-state index contributed by atoms with van der Waals surface area (Å²) in [6.07, 6.45) is 0.599. The lowest BCUT2D eigenvalue weighted by Gasteiger charge is -2.12. The molecular formula is C15H17ClN4O3. The number of H-pyrrole nitrogens is 1. The van der Waals surface area contributed by atoms with E-state index in [0.29, 0.717) is 34.8 Å². The molecule has 0 fully saturated rings. The molecule has 0 saturated heterocycles. The van der Waals surface area contributed by atoms with Gasteiger partial charge in [-0.15, -0.1) is 0 Å². The minimum absolute atomic E-state index is 0.120. The monoisotopic (exact) mass is 336 g/mol. The van der Waals surface area contributed by atoms with E-state index in [9.17, 15) is 9.59 Å². The highest BCUT2D eigenvalue weighted by Crippen LogP contribution is 2.28. The summed E-state index contributed by atoms with van der Waals surface area (Å²) in [4.78, 5) is 23.6. The number of rotatable bonds is 5. The highest BCUT2D eigenvalue weighted by atomic mass is 35.5. The van der Waals surface area contributed by atoms with Gasteiger partial charge in [0.2, 0.25) is 5.91 Å². The summed E-state index contributed by atoms with van der Waals surface area (Å²) < 4.78 is 5.17. The number of anilines is 2. The number of nitrogens with one attached hydrogen (secondary N) is 3. The summed E-state index contributed by atoms with van der Waals surface area (Å²) in [5, 5.41) is 12.1. The van der Waals surface area contributed by atoms with Crippen molar-refractivity contribution in [3.05, 3.63) is 34.6 Å². The second kappa shape index (κ2) is 7.15. The first-order chi connectivity index (χ1) is 11.0. The van der Waals surface area contributed by atoms with Crippen LogP contribution in [0.25, 0.3) is 0 Å². The van der Waals surface area contributed by atoms with E-state index >= 15 is 0 Å². The lowest BCUT2D eigenvalue weighted by molar-refractivity contribution is -0.114. The average Bonchev–Trinajstić information content (AvgIpc) is 2.88. The van der Waals surface area contributed by atoms with Crippen LogP contribution in [-0.4, -0.2) is 29.1 Å². The first-order valence-electron chi connectivity index (χ1n) is 6.96. The minimum Gasteiger partial charge on any atom is -0.495 e. The van der Waals surface area contributed by atoms with E-state index in [1.54, 1.807) is 18.2 Å². The second-order valence-electron chi connectivity index (χ2n) is 4.77. The van der Waals surface area contributed by atoms with Gasteiger partial charge in [0.25, 0.3) is 5.91 Å². The Morgan fingerprint density at radius 3 is 2.70 bits per heavy atom. The Morgan fingerprint density at radius 2 is 2.09 bits per heavy atom. The second-order valence-corrected chi connectivity index (χ2v) is 5.13. The SMILES string of the molecule is CCc1[nH]nc(Cl)c1C(=O)Nc1ccc(OC)c(NC(C)=O)c1. The van der Waals surface area contributed by atoms with E-state index in [4.69, 9.17) is 16.3 Å². The Hall–Kier alpha value is -2.54. The fourth-order valence-electron chi connectivity index (χ4n) is 2.11. The number of nitrogens with zero attached hydrogens (tertiary/aromatic N) is 1. The van der Waals surface area contributed by atoms with Crippen molar-refractivity contribution in [1.29, 1.82) is 0 Å². The molecule has 2 amide bonds. The number of carbonyl (C=O) groups excluding carboxylic acids is 2. The van der Waals surface area contributed by atoms with Gasteiger partial charge in [-0.05, 0) is 24.6 Å². The number of amides is 2. The van der Waals surface area contributed by atoms with Gasteiger partial charge in [0.05, 0.1) is 18.4 Å². The number of hydrogen-bond donors (Lipinski definition) is 3. The number of methoxy groups -OCH3 is 1. The van der Waals surface area contributed by atoms with Gasteiger partial charge >= 0.3 is 0 Å². The molecule has 2 rings (SSSR count). The number of benzene rings is 1. The normalized spacial score (nSPS) is 10.3. The topological polar surface area (TPSA) is 96.1 Å². The number of aryl methyl sites for hydroxylation is 1. The number of aromatic nitrogens is 2. The number of carbonyl (C=O) groups is 2. The summed E-state index contributed by atoms with van der Waals surface area (Å²) in [5.74, 6) is -0.119. The fraction of sp³-hybridized carbons (Fsp3) is 0.267. The third kappa shape index (κ3) is 3.81. The predicted octanol–water partition coefficient (Wildman–Crippen LogP) is 2.84. The number of hydrogen-bond acceptors (Lipinski definition) is 4. The zero-order chi connectivity index (χ0) is 17.0. The molecule has 0 radical (unpaired) electrons. The summed E-state index contributed by atoms with van der Waals surface area (Å²) in [7, 11) is 1.50. The molecule has 0 bridgehead atoms. The van der Waals surface area contributed by atoms with Gasteiger partial charge in [0.1, 0.15) is 5.75 Å². The number of aromatic amines is 1. The molecule has 7 nitrogen and oxygen atoms in total. The van der Waals surface area contributed by atoms with Crippen molar-refractivity contribution in [3.8, 4) is 5.75 Å². The van der Waals surface area contributed by atoms with E-state index in [1.807, 2.05) is 6.92 Å². The molecule has 2 aromatic rings. The van der Waals surface area contributed by atoms with Crippen LogP contribution in [0.1, 0.15) is 29.9 Å². The van der Waals surface area contributed by atoms with Crippen molar-refractivity contribution in [3.63, 3.8) is 0 Å². The average molecular weight is 337 g/mol. The minimum atomic E-state index is -0.375. The molecule has 122 valence electrons. The van der Waals surface area contributed by atoms with Crippen LogP contribution >= 0.6 is 11.6 Å². The van der Waals surface area contributed by atoms with Crippen LogP contribution in [-0.2, 0) is 11.2 Å². The Kier molecular flexibility index (Phi) is 5.23. The fourth-order valence-corrected chi connectivity index (χ4v) is 2.35. The molecule has 0 aliphatic carbocycles. The molecule has 0 spiro atoms. The van der Waals surface area contributed by atoms with Crippen LogP contribution in [0.2, 0.25) is 5.15 Å². The maximum absolute atomic E-state index is 12.4. The van der Waals surface area contributed by atoms with Crippen molar-refractivity contribution >= 4 is 34.8 Å². The van der Waals surface area contributed by atoms with Crippen molar-refractivity contribution in [1.82, 2.24) is 10.2 Å². The Bertz CT molecular complexity index is 742. The summed E-state index contributed by atoms with van der Waals surface area (Å²) in [6, 6.07) is 4.93. The molecule has 0 atom stereocenters. The van der Waals surface area contributed by atoms with E-state index in [1.165, 1.54) is 14.0 Å². The maximum Gasteiger partial charge on any atom is 0.260 e. The quantitative estimate of drug-likeness (QED) is 0.782. The third-order valence-corrected chi connectivity index (χ3v) is 3.42. The molecule has 0 unspecified atom stereocenters. The van der Waals surface area contributed by atoms with Gasteiger partial charge in [0.15, 0.2) is 5.15 Å². The lowest BCUT2D eigenvalue weighted by atomic mass is 10.2. The Balaban J connectivity index is 2.27. The van der Waals surface area contributed by atoms with Gasteiger partial charge in [-0.3, -0.25) is 14.7 Å². The van der Waals surface area contributed by atoms with Crippen LogP contribution in [0.5, 0.6) is 5.75 Å². The lowest BCUT2D eigenvalue weighted by Crippen LogP contribution is -2.14. The molecule has 23 heavy (non-hydrogen) atoms. The Labute approximate surface area is 138 Å². The molecule has 0 aliphatic heterocycles. The zero-order valence-corrected chi connectivity index (χ0v) is 13.7. The molecule has 0 saturated carbocycles. The summed E-state index contributed by atoms with van der Waals surface area (Å²) >= 11 is 5.95. The van der Waals surface area contributed by atoms with Crippen LogP contribution < -0.4 is 15.4 Å². The summed E-state index contributed by atoms with van der Waals surface area (Å²) in [5.41, 5.74) is 1.93. The molecule has 8 heteroatoms. The van der Waals surface area contributed by atoms with Crippen molar-refractivity contribution in [2.45, 2.75) is 20.3 Å². The van der Waals surface area contributed by atoms with Crippen molar-refractivity contribution in [2.75, 3.05) is 17.7 Å². The number of ether oxygens (including phenoxy) is 1. The molecule has 1 heterocycles. The Morgan fingerprint density at radius 1 is 1.35 bits per heavy atom. The van der Waals surface area contributed by atoms with E-state index in [-0.39, 0.29) is 17.0 Å². The number of halogens is 1. The van der Waals surface area contributed by atoms with Crippen LogP contribution in [0.3, 0.4) is 0 Å². The highest BCUT2D eigenvalue weighted by Gasteiger charge is 2.19. The van der Waals surface area contributed by atoms with Gasteiger partial charge in [-0.1, -0.05) is 18.5 Å². The van der Waals surface area contributed by atoms with Crippen LogP contribution in [0, 0.1) is 0 Å². The van der Waals surface area contributed by atoms with Gasteiger partial charge in [-0.25, -0.2) is 0 Å².